The van der Waals surface area contributed by atoms with E-state index in [1.807, 2.05) is 0 Å². The molecule has 0 aromatic rings. The smallest absolute Gasteiger partial charge is 0.00179 e. The van der Waals surface area contributed by atoms with Crippen LogP contribution in [0.25, 0.3) is 0 Å². The normalized spacial score (nSPS) is 25.6. The zero-order valence-electron chi connectivity index (χ0n) is 11.2. The second-order valence-electron chi connectivity index (χ2n) is 5.50. The van der Waals surface area contributed by atoms with Gasteiger partial charge in [0.25, 0.3) is 0 Å². The van der Waals surface area contributed by atoms with Crippen LogP contribution < -0.4 is 5.32 Å². The number of hydrogen-bond donors (Lipinski definition) is 1. The maximum atomic E-state index is 4.02. The molecule has 1 rings (SSSR count). The molecular formula is C15H29N. The van der Waals surface area contributed by atoms with E-state index in [2.05, 4.69) is 25.7 Å². The summed E-state index contributed by atoms with van der Waals surface area (Å²) >= 11 is 0. The van der Waals surface area contributed by atoms with E-state index < -0.39 is 0 Å². The van der Waals surface area contributed by atoms with Gasteiger partial charge >= 0.3 is 0 Å². The lowest BCUT2D eigenvalue weighted by Gasteiger charge is -2.32. The molecule has 1 fully saturated rings. The van der Waals surface area contributed by atoms with Gasteiger partial charge in [-0.1, -0.05) is 31.8 Å². The molecule has 0 saturated heterocycles. The standard InChI is InChI=1S/C15H29N/c1-4-11-16-12-15-8-6-5-7-14(15)10-9-13(2)3/h14-16H,2,4-12H2,1,3H3. The Kier molecular flexibility index (Phi) is 6.79. The Morgan fingerprint density at radius 1 is 1.25 bits per heavy atom. The summed E-state index contributed by atoms with van der Waals surface area (Å²) < 4.78 is 0. The lowest BCUT2D eigenvalue weighted by Crippen LogP contribution is -2.31. The van der Waals surface area contributed by atoms with E-state index in [0.29, 0.717) is 0 Å². The molecule has 0 heterocycles. The van der Waals surface area contributed by atoms with E-state index in [9.17, 15) is 0 Å². The molecule has 1 saturated carbocycles. The fourth-order valence-corrected chi connectivity index (χ4v) is 2.83. The van der Waals surface area contributed by atoms with Gasteiger partial charge in [0.2, 0.25) is 0 Å². The van der Waals surface area contributed by atoms with Crippen LogP contribution in [0.2, 0.25) is 0 Å². The summed E-state index contributed by atoms with van der Waals surface area (Å²) in [5, 5.41) is 3.60. The van der Waals surface area contributed by atoms with E-state index in [4.69, 9.17) is 0 Å². The Bertz CT molecular complexity index is 198. The largest absolute Gasteiger partial charge is 0.316 e. The molecule has 0 bridgehead atoms. The van der Waals surface area contributed by atoms with Crippen molar-refractivity contribution < 1.29 is 0 Å². The Labute approximate surface area is 102 Å². The molecule has 94 valence electrons. The third-order valence-electron chi connectivity index (χ3n) is 3.84. The Morgan fingerprint density at radius 2 is 1.94 bits per heavy atom. The first kappa shape index (κ1) is 13.8. The molecular weight excluding hydrogens is 194 g/mol. The van der Waals surface area contributed by atoms with E-state index >= 15 is 0 Å². The molecule has 0 radical (unpaired) electrons. The number of hydrogen-bond acceptors (Lipinski definition) is 1. The van der Waals surface area contributed by atoms with Crippen molar-refractivity contribution in [3.8, 4) is 0 Å². The summed E-state index contributed by atoms with van der Waals surface area (Å²) in [6.07, 6.45) is 9.64. The molecule has 0 aromatic carbocycles. The average Bonchev–Trinajstić information content (AvgIpc) is 2.28. The first-order chi connectivity index (χ1) is 7.74. The lowest BCUT2D eigenvalue weighted by atomic mass is 9.76. The summed E-state index contributed by atoms with van der Waals surface area (Å²) in [4.78, 5) is 0. The van der Waals surface area contributed by atoms with Crippen LogP contribution in [-0.2, 0) is 0 Å². The molecule has 2 unspecified atom stereocenters. The van der Waals surface area contributed by atoms with Crippen LogP contribution in [0.3, 0.4) is 0 Å². The van der Waals surface area contributed by atoms with Gasteiger partial charge in [0.1, 0.15) is 0 Å². The monoisotopic (exact) mass is 223 g/mol. The van der Waals surface area contributed by atoms with Crippen LogP contribution >= 0.6 is 0 Å². The summed E-state index contributed by atoms with van der Waals surface area (Å²) in [5.41, 5.74) is 1.35. The Hall–Kier alpha value is -0.300. The fraction of sp³-hybridized carbons (Fsp3) is 0.867. The highest BCUT2D eigenvalue weighted by molar-refractivity contribution is 4.89. The molecule has 1 nitrogen and oxygen atoms in total. The van der Waals surface area contributed by atoms with Gasteiger partial charge in [0.15, 0.2) is 0 Å². The van der Waals surface area contributed by atoms with Gasteiger partial charge in [0, 0.05) is 0 Å². The van der Waals surface area contributed by atoms with Crippen molar-refractivity contribution in [3.63, 3.8) is 0 Å². The van der Waals surface area contributed by atoms with Crippen LogP contribution in [-0.4, -0.2) is 13.1 Å². The van der Waals surface area contributed by atoms with Gasteiger partial charge in [0.05, 0.1) is 0 Å². The fourth-order valence-electron chi connectivity index (χ4n) is 2.83. The summed E-state index contributed by atoms with van der Waals surface area (Å²) in [6, 6.07) is 0. The summed E-state index contributed by atoms with van der Waals surface area (Å²) in [7, 11) is 0. The molecule has 1 aliphatic carbocycles. The zero-order valence-corrected chi connectivity index (χ0v) is 11.2. The minimum Gasteiger partial charge on any atom is -0.316 e. The van der Waals surface area contributed by atoms with E-state index in [0.717, 1.165) is 11.8 Å². The van der Waals surface area contributed by atoms with Crippen LogP contribution in [0.1, 0.15) is 58.8 Å². The van der Waals surface area contributed by atoms with Gasteiger partial charge in [-0.05, 0) is 57.5 Å². The predicted octanol–water partition coefficient (Wildman–Crippen LogP) is 4.15. The summed E-state index contributed by atoms with van der Waals surface area (Å²) in [5.74, 6) is 1.88. The van der Waals surface area contributed by atoms with Crippen molar-refractivity contribution in [3.05, 3.63) is 12.2 Å². The van der Waals surface area contributed by atoms with Crippen molar-refractivity contribution in [1.29, 1.82) is 0 Å². The topological polar surface area (TPSA) is 12.0 Å². The first-order valence-electron chi connectivity index (χ1n) is 7.09. The highest BCUT2D eigenvalue weighted by Gasteiger charge is 2.24. The molecule has 1 heteroatoms. The van der Waals surface area contributed by atoms with Gasteiger partial charge < -0.3 is 5.32 Å². The molecule has 0 aliphatic heterocycles. The quantitative estimate of drug-likeness (QED) is 0.505. The average molecular weight is 223 g/mol. The van der Waals surface area contributed by atoms with Gasteiger partial charge in [-0.15, -0.1) is 6.58 Å². The van der Waals surface area contributed by atoms with Crippen molar-refractivity contribution >= 4 is 0 Å². The van der Waals surface area contributed by atoms with E-state index in [-0.39, 0.29) is 0 Å². The van der Waals surface area contributed by atoms with Crippen LogP contribution in [0, 0.1) is 11.8 Å². The van der Waals surface area contributed by atoms with Gasteiger partial charge in [-0.3, -0.25) is 0 Å². The van der Waals surface area contributed by atoms with Crippen molar-refractivity contribution in [2.24, 2.45) is 11.8 Å². The highest BCUT2D eigenvalue weighted by Crippen LogP contribution is 2.33. The lowest BCUT2D eigenvalue weighted by molar-refractivity contribution is 0.218. The van der Waals surface area contributed by atoms with Crippen molar-refractivity contribution in [2.75, 3.05) is 13.1 Å². The molecule has 0 amide bonds. The SMILES string of the molecule is C=C(C)CCC1CCCCC1CNCCC. The third-order valence-corrected chi connectivity index (χ3v) is 3.84. The number of allylic oxidation sites excluding steroid dienone is 1. The second-order valence-corrected chi connectivity index (χ2v) is 5.50. The molecule has 1 aliphatic rings. The Balaban J connectivity index is 2.28. The molecule has 0 spiro atoms. The van der Waals surface area contributed by atoms with Crippen LogP contribution in [0.5, 0.6) is 0 Å². The maximum absolute atomic E-state index is 4.02. The zero-order chi connectivity index (χ0) is 11.8. The second kappa shape index (κ2) is 7.89. The maximum Gasteiger partial charge on any atom is -0.00179 e. The molecule has 2 atom stereocenters. The highest BCUT2D eigenvalue weighted by atomic mass is 14.9. The molecule has 16 heavy (non-hydrogen) atoms. The minimum atomic E-state index is 0.930. The third kappa shape index (κ3) is 5.16. The first-order valence-corrected chi connectivity index (χ1v) is 7.09. The van der Waals surface area contributed by atoms with Crippen LogP contribution in [0.4, 0.5) is 0 Å². The van der Waals surface area contributed by atoms with Gasteiger partial charge in [-0.25, -0.2) is 0 Å². The molecule has 0 aromatic heterocycles. The van der Waals surface area contributed by atoms with Crippen molar-refractivity contribution in [2.45, 2.75) is 58.8 Å². The van der Waals surface area contributed by atoms with Crippen molar-refractivity contribution in [1.82, 2.24) is 5.32 Å². The Morgan fingerprint density at radius 3 is 2.56 bits per heavy atom. The summed E-state index contributed by atoms with van der Waals surface area (Å²) in [6.45, 7) is 10.9. The predicted molar refractivity (Wildman–Crippen MR) is 72.7 cm³/mol. The number of nitrogens with one attached hydrogen (secondary N) is 1. The van der Waals surface area contributed by atoms with E-state index in [1.54, 1.807) is 0 Å². The van der Waals surface area contributed by atoms with Crippen LogP contribution in [0.15, 0.2) is 12.2 Å². The number of rotatable bonds is 7. The van der Waals surface area contributed by atoms with Gasteiger partial charge in [-0.2, -0.15) is 0 Å². The molecule has 1 N–H and O–H groups in total. The minimum absolute atomic E-state index is 0.930. The van der Waals surface area contributed by atoms with E-state index in [1.165, 1.54) is 63.6 Å².